The van der Waals surface area contributed by atoms with E-state index in [9.17, 15) is 0 Å². The fraction of sp³-hybridized carbons (Fsp3) is 0.200. The van der Waals surface area contributed by atoms with Gasteiger partial charge >= 0.3 is 0 Å². The molecule has 0 saturated carbocycles. The third-order valence-electron chi connectivity index (χ3n) is 1.74. The molecule has 2 rings (SSSR count). The predicted octanol–water partition coefficient (Wildman–Crippen LogP) is 1.67. The van der Waals surface area contributed by atoms with Gasteiger partial charge in [0.2, 0.25) is 5.88 Å². The zero-order valence-corrected chi connectivity index (χ0v) is 7.92. The number of ether oxygens (including phenoxy) is 1. The minimum atomic E-state index is 0.621. The van der Waals surface area contributed by atoms with Crippen molar-refractivity contribution in [3.8, 4) is 11.7 Å². The number of hydrogen-bond donors (Lipinski definition) is 0. The second-order valence-corrected chi connectivity index (χ2v) is 2.72. The van der Waals surface area contributed by atoms with Crippen molar-refractivity contribution in [2.75, 3.05) is 6.61 Å². The molecule has 0 atom stereocenters. The third kappa shape index (κ3) is 1.74. The summed E-state index contributed by atoms with van der Waals surface area (Å²) in [5.74, 6) is 1.39. The monoisotopic (exact) mass is 189 g/mol. The van der Waals surface area contributed by atoms with Gasteiger partial charge in [0.25, 0.3) is 0 Å². The highest BCUT2D eigenvalue weighted by atomic mass is 16.5. The molecule has 0 radical (unpaired) electrons. The molecule has 0 N–H and O–H groups in total. The minimum Gasteiger partial charge on any atom is -0.478 e. The molecule has 2 aromatic rings. The van der Waals surface area contributed by atoms with E-state index in [0.29, 0.717) is 12.5 Å². The summed E-state index contributed by atoms with van der Waals surface area (Å²) in [7, 11) is 0. The van der Waals surface area contributed by atoms with E-state index in [2.05, 4.69) is 10.1 Å². The Hall–Kier alpha value is -1.84. The van der Waals surface area contributed by atoms with Crippen molar-refractivity contribution in [3.05, 3.63) is 36.7 Å². The number of rotatable bonds is 3. The lowest BCUT2D eigenvalue weighted by Crippen LogP contribution is -2.00. The quantitative estimate of drug-likeness (QED) is 0.737. The van der Waals surface area contributed by atoms with E-state index in [1.54, 1.807) is 10.9 Å². The Morgan fingerprint density at radius 3 is 3.00 bits per heavy atom. The molecule has 0 bridgehead atoms. The van der Waals surface area contributed by atoms with Crippen LogP contribution in [0.1, 0.15) is 6.92 Å². The van der Waals surface area contributed by atoms with Crippen molar-refractivity contribution in [1.29, 1.82) is 0 Å². The Morgan fingerprint density at radius 2 is 2.29 bits per heavy atom. The molecule has 0 aliphatic rings. The van der Waals surface area contributed by atoms with Gasteiger partial charge in [0.15, 0.2) is 5.82 Å². The summed E-state index contributed by atoms with van der Waals surface area (Å²) in [4.78, 5) is 4.28. The first kappa shape index (κ1) is 8.74. The van der Waals surface area contributed by atoms with Gasteiger partial charge in [0.1, 0.15) is 0 Å². The van der Waals surface area contributed by atoms with E-state index in [1.165, 1.54) is 0 Å². The maximum atomic E-state index is 5.29. The van der Waals surface area contributed by atoms with E-state index in [-0.39, 0.29) is 0 Å². The summed E-state index contributed by atoms with van der Waals surface area (Å²) in [6, 6.07) is 7.47. The SMILES string of the molecule is CCOc1cccc(-n2cccn2)n1. The van der Waals surface area contributed by atoms with Crippen LogP contribution in [0.5, 0.6) is 5.88 Å². The van der Waals surface area contributed by atoms with E-state index in [4.69, 9.17) is 4.74 Å². The molecule has 0 saturated heterocycles. The Balaban J connectivity index is 2.31. The molecule has 14 heavy (non-hydrogen) atoms. The summed E-state index contributed by atoms with van der Waals surface area (Å²) in [5.41, 5.74) is 0. The molecule has 0 unspecified atom stereocenters. The van der Waals surface area contributed by atoms with Crippen LogP contribution < -0.4 is 4.74 Å². The van der Waals surface area contributed by atoms with Gasteiger partial charge in [-0.3, -0.25) is 0 Å². The van der Waals surface area contributed by atoms with E-state index >= 15 is 0 Å². The molecule has 72 valence electrons. The summed E-state index contributed by atoms with van der Waals surface area (Å²) in [6.07, 6.45) is 3.56. The number of pyridine rings is 1. The van der Waals surface area contributed by atoms with Gasteiger partial charge in [-0.2, -0.15) is 10.1 Å². The number of aromatic nitrogens is 3. The van der Waals surface area contributed by atoms with Crippen molar-refractivity contribution < 1.29 is 4.74 Å². The van der Waals surface area contributed by atoms with Crippen LogP contribution in [-0.2, 0) is 0 Å². The lowest BCUT2D eigenvalue weighted by atomic mass is 10.4. The third-order valence-corrected chi connectivity index (χ3v) is 1.74. The lowest BCUT2D eigenvalue weighted by Gasteiger charge is -2.04. The summed E-state index contributed by atoms with van der Waals surface area (Å²) < 4.78 is 6.99. The summed E-state index contributed by atoms with van der Waals surface area (Å²) in [6.45, 7) is 2.55. The molecule has 2 heterocycles. The Kier molecular flexibility index (Phi) is 2.44. The van der Waals surface area contributed by atoms with E-state index in [1.807, 2.05) is 37.4 Å². The van der Waals surface area contributed by atoms with Gasteiger partial charge in [-0.05, 0) is 19.1 Å². The topological polar surface area (TPSA) is 39.9 Å². The van der Waals surface area contributed by atoms with Crippen molar-refractivity contribution in [1.82, 2.24) is 14.8 Å². The minimum absolute atomic E-state index is 0.621. The van der Waals surface area contributed by atoms with Crippen LogP contribution in [0.4, 0.5) is 0 Å². The maximum absolute atomic E-state index is 5.29. The molecular weight excluding hydrogens is 178 g/mol. The second-order valence-electron chi connectivity index (χ2n) is 2.72. The molecule has 0 aromatic carbocycles. The van der Waals surface area contributed by atoms with Crippen LogP contribution in [0.25, 0.3) is 5.82 Å². The Bertz CT molecular complexity index is 398. The lowest BCUT2D eigenvalue weighted by molar-refractivity contribution is 0.326. The highest BCUT2D eigenvalue weighted by molar-refractivity contribution is 5.26. The molecule has 0 spiro atoms. The normalized spacial score (nSPS) is 10.1. The average molecular weight is 189 g/mol. The first-order chi connectivity index (χ1) is 6.90. The fourth-order valence-electron chi connectivity index (χ4n) is 1.16. The van der Waals surface area contributed by atoms with Crippen molar-refractivity contribution >= 4 is 0 Å². The molecule has 0 aliphatic carbocycles. The molecular formula is C10H11N3O. The first-order valence-corrected chi connectivity index (χ1v) is 4.50. The first-order valence-electron chi connectivity index (χ1n) is 4.50. The van der Waals surface area contributed by atoms with Crippen molar-refractivity contribution in [2.45, 2.75) is 6.92 Å². The van der Waals surface area contributed by atoms with E-state index in [0.717, 1.165) is 5.82 Å². The van der Waals surface area contributed by atoms with Gasteiger partial charge in [-0.25, -0.2) is 4.68 Å². The van der Waals surface area contributed by atoms with Gasteiger partial charge < -0.3 is 4.74 Å². The zero-order valence-electron chi connectivity index (χ0n) is 7.92. The standard InChI is InChI=1S/C10H11N3O/c1-2-14-10-6-3-5-9(12-10)13-8-4-7-11-13/h3-8H,2H2,1H3. The molecule has 0 aliphatic heterocycles. The van der Waals surface area contributed by atoms with Gasteiger partial charge in [0, 0.05) is 18.5 Å². The van der Waals surface area contributed by atoms with Crippen LogP contribution in [-0.4, -0.2) is 21.4 Å². The molecule has 0 fully saturated rings. The molecule has 4 nitrogen and oxygen atoms in total. The molecule has 0 amide bonds. The highest BCUT2D eigenvalue weighted by Crippen LogP contribution is 2.09. The summed E-state index contributed by atoms with van der Waals surface area (Å²) in [5, 5.41) is 4.09. The predicted molar refractivity (Wildman–Crippen MR) is 52.5 cm³/mol. The van der Waals surface area contributed by atoms with Gasteiger partial charge in [0.05, 0.1) is 6.61 Å². The molecule has 2 aromatic heterocycles. The van der Waals surface area contributed by atoms with Crippen molar-refractivity contribution in [2.24, 2.45) is 0 Å². The highest BCUT2D eigenvalue weighted by Gasteiger charge is 1.99. The average Bonchev–Trinajstić information content (AvgIpc) is 2.71. The van der Waals surface area contributed by atoms with Gasteiger partial charge in [-0.15, -0.1) is 0 Å². The van der Waals surface area contributed by atoms with Crippen LogP contribution >= 0.6 is 0 Å². The second kappa shape index (κ2) is 3.91. The van der Waals surface area contributed by atoms with Crippen LogP contribution in [0.15, 0.2) is 36.7 Å². The van der Waals surface area contributed by atoms with Crippen LogP contribution in [0.3, 0.4) is 0 Å². The van der Waals surface area contributed by atoms with Crippen LogP contribution in [0, 0.1) is 0 Å². The van der Waals surface area contributed by atoms with Crippen LogP contribution in [0.2, 0.25) is 0 Å². The summed E-state index contributed by atoms with van der Waals surface area (Å²) >= 11 is 0. The Morgan fingerprint density at radius 1 is 1.36 bits per heavy atom. The number of nitrogens with zero attached hydrogens (tertiary/aromatic N) is 3. The molecule has 4 heteroatoms. The number of hydrogen-bond acceptors (Lipinski definition) is 3. The largest absolute Gasteiger partial charge is 0.478 e. The fourth-order valence-corrected chi connectivity index (χ4v) is 1.16. The smallest absolute Gasteiger partial charge is 0.215 e. The van der Waals surface area contributed by atoms with Crippen molar-refractivity contribution in [3.63, 3.8) is 0 Å². The Labute approximate surface area is 82.2 Å². The maximum Gasteiger partial charge on any atom is 0.215 e. The van der Waals surface area contributed by atoms with Gasteiger partial charge in [-0.1, -0.05) is 6.07 Å². The van der Waals surface area contributed by atoms with E-state index < -0.39 is 0 Å². The zero-order chi connectivity index (χ0) is 9.80.